The van der Waals surface area contributed by atoms with Crippen molar-refractivity contribution in [3.8, 4) is 0 Å². The fourth-order valence-corrected chi connectivity index (χ4v) is 1.98. The first kappa shape index (κ1) is 16.3. The van der Waals surface area contributed by atoms with E-state index < -0.39 is 25.2 Å². The summed E-state index contributed by atoms with van der Waals surface area (Å²) in [5.41, 5.74) is 0.965. The van der Waals surface area contributed by atoms with Gasteiger partial charge in [0.2, 0.25) is 5.95 Å². The average Bonchev–Trinajstić information content (AvgIpc) is 2.76. The number of anilines is 1. The van der Waals surface area contributed by atoms with Gasteiger partial charge in [0, 0.05) is 13.0 Å². The summed E-state index contributed by atoms with van der Waals surface area (Å²) >= 11 is 0. The topological polar surface area (TPSA) is 147 Å². The number of allylic oxidation sites excluding steroid dienone is 2. The molecule has 0 aliphatic heterocycles. The Morgan fingerprint density at radius 2 is 2.14 bits per heavy atom. The summed E-state index contributed by atoms with van der Waals surface area (Å²) in [7, 11) is -5.50. The molecule has 0 radical (unpaired) electrons. The lowest BCUT2D eigenvalue weighted by molar-refractivity contribution is 0.0621. The fourth-order valence-electron chi connectivity index (χ4n) is 1.64. The molecule has 22 heavy (non-hydrogen) atoms. The average molecular weight is 335 g/mol. The van der Waals surface area contributed by atoms with Crippen LogP contribution in [0.1, 0.15) is 6.42 Å². The number of halogens is 2. The molecule has 0 aromatic carbocycles. The molecule has 0 aliphatic carbocycles. The van der Waals surface area contributed by atoms with E-state index in [0.717, 1.165) is 6.08 Å². The maximum atomic E-state index is 13.0. The molecule has 9 nitrogen and oxygen atoms in total. The highest BCUT2D eigenvalue weighted by molar-refractivity contribution is 7.53. The van der Waals surface area contributed by atoms with E-state index >= 15 is 0 Å². The van der Waals surface area contributed by atoms with Gasteiger partial charge in [0.25, 0.3) is 5.56 Å². The molecule has 2 heterocycles. The minimum Gasteiger partial charge on any atom is -0.369 e. The first-order chi connectivity index (χ1) is 10.1. The van der Waals surface area contributed by atoms with Crippen molar-refractivity contribution in [3.05, 3.63) is 28.8 Å². The van der Waals surface area contributed by atoms with Crippen LogP contribution in [0.4, 0.5) is 14.7 Å². The Bertz CT molecular complexity index is 824. The number of nitrogens with two attached hydrogens (primary N) is 1. The van der Waals surface area contributed by atoms with Crippen molar-refractivity contribution in [3.63, 3.8) is 0 Å². The van der Waals surface area contributed by atoms with Gasteiger partial charge in [-0.1, -0.05) is 12.2 Å². The first-order valence-electron chi connectivity index (χ1n) is 5.91. The molecule has 2 rings (SSSR count). The van der Waals surface area contributed by atoms with Crippen LogP contribution in [0.15, 0.2) is 23.3 Å². The van der Waals surface area contributed by atoms with Gasteiger partial charge in [-0.25, -0.2) is 4.98 Å². The molecule has 0 unspecified atom stereocenters. The van der Waals surface area contributed by atoms with E-state index in [-0.39, 0.29) is 23.7 Å². The van der Waals surface area contributed by atoms with Gasteiger partial charge in [-0.3, -0.25) is 14.3 Å². The summed E-state index contributed by atoms with van der Waals surface area (Å²) in [6.07, 6.45) is 2.35. The van der Waals surface area contributed by atoms with E-state index in [1.807, 2.05) is 0 Å². The van der Waals surface area contributed by atoms with E-state index in [9.17, 15) is 18.1 Å². The molecule has 2 aromatic rings. The van der Waals surface area contributed by atoms with Gasteiger partial charge < -0.3 is 20.1 Å². The molecule has 0 aliphatic rings. The predicted molar refractivity (Wildman–Crippen MR) is 73.3 cm³/mol. The van der Waals surface area contributed by atoms with Crippen LogP contribution >= 0.6 is 7.60 Å². The summed E-state index contributed by atoms with van der Waals surface area (Å²) < 4.78 is 38.0. The molecule has 2 aromatic heterocycles. The summed E-state index contributed by atoms with van der Waals surface area (Å²) in [6.45, 7) is 0.0314. The SMILES string of the molecule is Nc1nc2c(ncn2C/C=C/CC(F)(F)P(=O)(O)O)c(=O)[nH]1. The summed E-state index contributed by atoms with van der Waals surface area (Å²) in [6, 6.07) is 0. The summed E-state index contributed by atoms with van der Waals surface area (Å²) in [5, 5.41) is 0. The van der Waals surface area contributed by atoms with Gasteiger partial charge in [-0.05, 0) is 0 Å². The van der Waals surface area contributed by atoms with Gasteiger partial charge in [0.1, 0.15) is 0 Å². The van der Waals surface area contributed by atoms with Crippen LogP contribution in [-0.2, 0) is 11.1 Å². The molecule has 0 saturated carbocycles. The highest BCUT2D eigenvalue weighted by Gasteiger charge is 2.47. The molecule has 0 amide bonds. The molecule has 5 N–H and O–H groups in total. The zero-order valence-electron chi connectivity index (χ0n) is 11.0. The van der Waals surface area contributed by atoms with Gasteiger partial charge >= 0.3 is 13.3 Å². The third-order valence-electron chi connectivity index (χ3n) is 2.75. The van der Waals surface area contributed by atoms with Crippen LogP contribution in [0.5, 0.6) is 0 Å². The van der Waals surface area contributed by atoms with Gasteiger partial charge in [-0.15, -0.1) is 0 Å². The van der Waals surface area contributed by atoms with Crippen LogP contribution in [0.25, 0.3) is 11.2 Å². The highest BCUT2D eigenvalue weighted by Crippen LogP contribution is 2.54. The zero-order valence-corrected chi connectivity index (χ0v) is 11.9. The Balaban J connectivity index is 2.15. The lowest BCUT2D eigenvalue weighted by Crippen LogP contribution is -2.14. The molecular weight excluding hydrogens is 323 g/mol. The van der Waals surface area contributed by atoms with E-state index in [4.69, 9.17) is 15.5 Å². The van der Waals surface area contributed by atoms with Crippen molar-refractivity contribution < 1.29 is 23.1 Å². The molecule has 0 atom stereocenters. The van der Waals surface area contributed by atoms with Crippen LogP contribution < -0.4 is 11.3 Å². The third-order valence-corrected chi connectivity index (χ3v) is 3.79. The largest absolute Gasteiger partial charge is 0.394 e. The molecule has 0 fully saturated rings. The van der Waals surface area contributed by atoms with Gasteiger partial charge in [0.05, 0.1) is 6.33 Å². The molecule has 12 heteroatoms. The third kappa shape index (κ3) is 3.21. The minimum absolute atomic E-state index is 0.0314. The fraction of sp³-hybridized carbons (Fsp3) is 0.300. The monoisotopic (exact) mass is 335 g/mol. The first-order valence-corrected chi connectivity index (χ1v) is 7.52. The lowest BCUT2D eigenvalue weighted by Gasteiger charge is -2.15. The number of nitrogens with zero attached hydrogens (tertiary/aromatic N) is 3. The number of fused-ring (bicyclic) bond motifs is 1. The molecule has 0 bridgehead atoms. The van der Waals surface area contributed by atoms with Crippen LogP contribution in [0.3, 0.4) is 0 Å². The Morgan fingerprint density at radius 1 is 1.45 bits per heavy atom. The van der Waals surface area contributed by atoms with Crippen molar-refractivity contribution in [1.82, 2.24) is 19.5 Å². The van der Waals surface area contributed by atoms with Crippen LogP contribution in [0.2, 0.25) is 0 Å². The van der Waals surface area contributed by atoms with Crippen molar-refractivity contribution >= 4 is 24.7 Å². The molecule has 0 spiro atoms. The predicted octanol–water partition coefficient (Wildman–Crippen LogP) is 0.419. The van der Waals surface area contributed by atoms with Crippen molar-refractivity contribution in [2.45, 2.75) is 18.6 Å². The second kappa shape index (κ2) is 5.59. The molecule has 120 valence electrons. The molecule has 0 saturated heterocycles. The van der Waals surface area contributed by atoms with E-state index in [1.165, 1.54) is 17.0 Å². The van der Waals surface area contributed by atoms with E-state index in [1.54, 1.807) is 0 Å². The number of aromatic amines is 1. The Kier molecular flexibility index (Phi) is 4.14. The number of nitrogen functional groups attached to an aromatic ring is 1. The number of aromatic nitrogens is 4. The van der Waals surface area contributed by atoms with Gasteiger partial charge in [-0.2, -0.15) is 13.8 Å². The Morgan fingerprint density at radius 3 is 2.77 bits per heavy atom. The number of hydrogen-bond acceptors (Lipinski definition) is 5. The van der Waals surface area contributed by atoms with Crippen molar-refractivity contribution in [1.29, 1.82) is 0 Å². The smallest absolute Gasteiger partial charge is 0.369 e. The van der Waals surface area contributed by atoms with Crippen molar-refractivity contribution in [2.75, 3.05) is 5.73 Å². The summed E-state index contributed by atoms with van der Waals surface area (Å²) in [4.78, 5) is 38.5. The number of rotatable bonds is 5. The summed E-state index contributed by atoms with van der Waals surface area (Å²) in [5.74, 6) is -0.115. The maximum Gasteiger partial charge on any atom is 0.394 e. The second-order valence-corrected chi connectivity index (χ2v) is 6.15. The normalized spacial score (nSPS) is 13.3. The van der Waals surface area contributed by atoms with Crippen molar-refractivity contribution in [2.24, 2.45) is 0 Å². The highest BCUT2D eigenvalue weighted by atomic mass is 31.2. The lowest BCUT2D eigenvalue weighted by atomic mass is 10.4. The number of alkyl halides is 2. The number of imidazole rings is 1. The Hall–Kier alpha value is -2.10. The Labute approximate surface area is 121 Å². The second-order valence-electron chi connectivity index (χ2n) is 4.41. The molecular formula is C10H12F2N5O4P. The maximum absolute atomic E-state index is 13.0. The van der Waals surface area contributed by atoms with Crippen LogP contribution in [0, 0.1) is 0 Å². The van der Waals surface area contributed by atoms with Crippen LogP contribution in [-0.4, -0.2) is 35.0 Å². The van der Waals surface area contributed by atoms with E-state index in [2.05, 4.69) is 15.0 Å². The quantitative estimate of drug-likeness (QED) is 0.457. The number of H-pyrrole nitrogens is 1. The van der Waals surface area contributed by atoms with Gasteiger partial charge in [0.15, 0.2) is 11.2 Å². The zero-order chi connectivity index (χ0) is 16.5. The standard InChI is InChI=1S/C10H12F2N5O4P/c11-10(12,22(19,20)21)3-1-2-4-17-5-14-6-7(17)15-9(13)16-8(6)18/h1-2,5H,3-4H2,(H2,19,20,21)(H3,13,15,16,18)/b2-1+. The minimum atomic E-state index is -5.50. The number of hydrogen-bond donors (Lipinski definition) is 4. The van der Waals surface area contributed by atoms with E-state index in [0.29, 0.717) is 0 Å². The number of nitrogens with one attached hydrogen (secondary N) is 1.